The van der Waals surface area contributed by atoms with Crippen molar-refractivity contribution < 1.29 is 14.4 Å². The van der Waals surface area contributed by atoms with Crippen LogP contribution < -0.4 is 5.32 Å². The molecule has 1 aromatic carbocycles. The van der Waals surface area contributed by atoms with Gasteiger partial charge in [-0.05, 0) is 37.5 Å². The summed E-state index contributed by atoms with van der Waals surface area (Å²) in [5, 5.41) is 2.11. The van der Waals surface area contributed by atoms with Gasteiger partial charge in [0.25, 0.3) is 5.91 Å². The van der Waals surface area contributed by atoms with Gasteiger partial charge in [0.2, 0.25) is 12.3 Å². The van der Waals surface area contributed by atoms with Crippen LogP contribution in [-0.4, -0.2) is 29.2 Å². The highest BCUT2D eigenvalue weighted by molar-refractivity contribution is 5.99. The predicted octanol–water partition coefficient (Wildman–Crippen LogP) is 1.39. The van der Waals surface area contributed by atoms with Crippen LogP contribution >= 0.6 is 0 Å². The number of amides is 3. The molecule has 0 fully saturated rings. The smallest absolute Gasteiger partial charge is 0.254 e. The van der Waals surface area contributed by atoms with E-state index in [1.165, 1.54) is 0 Å². The second-order valence-electron chi connectivity index (χ2n) is 5.11. The van der Waals surface area contributed by atoms with Crippen LogP contribution in [0.3, 0.4) is 0 Å². The maximum Gasteiger partial charge on any atom is 0.254 e. The maximum absolute atomic E-state index is 12.3. The van der Waals surface area contributed by atoms with Gasteiger partial charge in [-0.3, -0.25) is 19.7 Å². The molecule has 3 amide bonds. The summed E-state index contributed by atoms with van der Waals surface area (Å²) in [6.07, 6.45) is 1.16. The molecule has 1 heterocycles. The number of benzene rings is 1. The third-order valence-electron chi connectivity index (χ3n) is 3.77. The minimum Gasteiger partial charge on any atom is -0.332 e. The van der Waals surface area contributed by atoms with E-state index < -0.39 is 0 Å². The van der Waals surface area contributed by atoms with Crippen molar-refractivity contribution in [1.29, 1.82) is 0 Å². The van der Waals surface area contributed by atoms with Gasteiger partial charge in [0.05, 0.1) is 0 Å². The van der Waals surface area contributed by atoms with Gasteiger partial charge in [0.1, 0.15) is 0 Å². The molecule has 1 atom stereocenters. The molecule has 5 heteroatoms. The zero-order chi connectivity index (χ0) is 14.7. The molecule has 1 aromatic rings. The van der Waals surface area contributed by atoms with E-state index in [0.717, 1.165) is 16.7 Å². The average molecular weight is 274 g/mol. The van der Waals surface area contributed by atoms with Crippen LogP contribution in [0.4, 0.5) is 0 Å². The summed E-state index contributed by atoms with van der Waals surface area (Å²) in [5.41, 5.74) is 2.94. The van der Waals surface area contributed by atoms with Crippen LogP contribution in [-0.2, 0) is 16.1 Å². The first-order valence-electron chi connectivity index (χ1n) is 6.67. The number of hydrogen-bond donors (Lipinski definition) is 1. The topological polar surface area (TPSA) is 66.5 Å². The Morgan fingerprint density at radius 2 is 2.25 bits per heavy atom. The van der Waals surface area contributed by atoms with Crippen LogP contribution in [0.15, 0.2) is 18.2 Å². The number of nitrogens with one attached hydrogen (secondary N) is 1. The molecule has 0 saturated carbocycles. The first kappa shape index (κ1) is 14.2. The number of carbonyl (C=O) groups is 3. The monoisotopic (exact) mass is 274 g/mol. The molecular weight excluding hydrogens is 256 g/mol. The molecule has 106 valence electrons. The highest BCUT2D eigenvalue weighted by Gasteiger charge is 2.31. The third kappa shape index (κ3) is 2.71. The summed E-state index contributed by atoms with van der Waals surface area (Å²) in [4.78, 5) is 35.5. The molecule has 0 aliphatic carbocycles. The highest BCUT2D eigenvalue weighted by atomic mass is 16.2. The van der Waals surface area contributed by atoms with E-state index >= 15 is 0 Å². The fraction of sp³-hybridized carbons (Fsp3) is 0.400. The van der Waals surface area contributed by atoms with Crippen molar-refractivity contribution in [3.8, 4) is 0 Å². The van der Waals surface area contributed by atoms with E-state index in [0.29, 0.717) is 19.4 Å². The molecular formula is C15H18N2O3. The molecule has 5 nitrogen and oxygen atoms in total. The molecule has 0 spiro atoms. The zero-order valence-corrected chi connectivity index (χ0v) is 11.7. The van der Waals surface area contributed by atoms with E-state index in [9.17, 15) is 14.4 Å². The minimum absolute atomic E-state index is 0.0204. The van der Waals surface area contributed by atoms with Gasteiger partial charge in [-0.2, -0.15) is 0 Å². The first-order chi connectivity index (χ1) is 9.54. The molecule has 0 bridgehead atoms. The highest BCUT2D eigenvalue weighted by Crippen LogP contribution is 2.28. The number of carbonyl (C=O) groups excluding carboxylic acids is 3. The molecule has 1 aliphatic heterocycles. The van der Waals surface area contributed by atoms with Crippen LogP contribution in [0.25, 0.3) is 0 Å². The molecule has 2 rings (SSSR count). The molecule has 20 heavy (non-hydrogen) atoms. The number of rotatable bonds is 5. The van der Waals surface area contributed by atoms with Gasteiger partial charge in [0, 0.05) is 24.6 Å². The van der Waals surface area contributed by atoms with Gasteiger partial charge < -0.3 is 4.90 Å². The minimum atomic E-state index is -0.313. The lowest BCUT2D eigenvalue weighted by Crippen LogP contribution is -2.34. The second kappa shape index (κ2) is 5.86. The Hall–Kier alpha value is -2.17. The summed E-state index contributed by atoms with van der Waals surface area (Å²) in [6, 6.07) is 5.69. The van der Waals surface area contributed by atoms with Crippen molar-refractivity contribution >= 4 is 18.2 Å². The van der Waals surface area contributed by atoms with Crippen molar-refractivity contribution in [2.24, 2.45) is 0 Å². The zero-order valence-electron chi connectivity index (χ0n) is 11.7. The van der Waals surface area contributed by atoms with E-state index in [2.05, 4.69) is 5.32 Å². The van der Waals surface area contributed by atoms with Crippen LogP contribution in [0.1, 0.15) is 41.3 Å². The Kier molecular flexibility index (Phi) is 4.17. The molecule has 0 aromatic heterocycles. The Morgan fingerprint density at radius 1 is 1.50 bits per heavy atom. The number of nitrogens with zero attached hydrogens (tertiary/aromatic N) is 1. The number of aryl methyl sites for hydroxylation is 1. The lowest BCUT2D eigenvalue weighted by Gasteiger charge is -2.24. The Labute approximate surface area is 118 Å². The van der Waals surface area contributed by atoms with Gasteiger partial charge in [-0.15, -0.1) is 0 Å². The second-order valence-corrected chi connectivity index (χ2v) is 5.11. The first-order valence-corrected chi connectivity index (χ1v) is 6.67. The van der Waals surface area contributed by atoms with Gasteiger partial charge >= 0.3 is 0 Å². The van der Waals surface area contributed by atoms with E-state index in [1.807, 2.05) is 32.0 Å². The molecule has 0 radical (unpaired) electrons. The molecule has 1 N–H and O–H groups in total. The largest absolute Gasteiger partial charge is 0.332 e. The number of hydrogen-bond acceptors (Lipinski definition) is 3. The summed E-state index contributed by atoms with van der Waals surface area (Å²) < 4.78 is 0. The third-order valence-corrected chi connectivity index (χ3v) is 3.77. The lowest BCUT2D eigenvalue weighted by atomic mass is 10.1. The summed E-state index contributed by atoms with van der Waals surface area (Å²) in [7, 11) is 0. The van der Waals surface area contributed by atoms with E-state index in [4.69, 9.17) is 0 Å². The van der Waals surface area contributed by atoms with Crippen molar-refractivity contribution in [2.45, 2.75) is 39.3 Å². The van der Waals surface area contributed by atoms with Crippen LogP contribution in [0.5, 0.6) is 0 Å². The fourth-order valence-electron chi connectivity index (χ4n) is 2.50. The maximum atomic E-state index is 12.3. The Bertz CT molecular complexity index is 554. The van der Waals surface area contributed by atoms with E-state index in [-0.39, 0.29) is 24.3 Å². The van der Waals surface area contributed by atoms with E-state index in [1.54, 1.807) is 4.90 Å². The summed E-state index contributed by atoms with van der Waals surface area (Å²) in [5.74, 6) is -0.292. The normalized spacial score (nSPS) is 14.9. The standard InChI is InChI=1S/C15H18N2O3/c1-10-4-3-5-12-13(10)8-17(15(12)20)11(2)6-7-14(19)16-9-18/h3-5,9,11H,6-8H2,1-2H3,(H,16,18,19). The predicted molar refractivity (Wildman–Crippen MR) is 74.0 cm³/mol. The van der Waals surface area contributed by atoms with Crippen molar-refractivity contribution in [2.75, 3.05) is 0 Å². The SMILES string of the molecule is Cc1cccc2c1CN(C(C)CCC(=O)NC=O)C2=O. The quantitative estimate of drug-likeness (QED) is 0.825. The summed E-state index contributed by atoms with van der Waals surface area (Å²) in [6.45, 7) is 4.52. The molecule has 1 aliphatic rings. The Balaban J connectivity index is 2.02. The van der Waals surface area contributed by atoms with Gasteiger partial charge in [0.15, 0.2) is 0 Å². The summed E-state index contributed by atoms with van der Waals surface area (Å²) >= 11 is 0. The van der Waals surface area contributed by atoms with Crippen molar-refractivity contribution in [3.05, 3.63) is 34.9 Å². The Morgan fingerprint density at radius 3 is 2.90 bits per heavy atom. The lowest BCUT2D eigenvalue weighted by molar-refractivity contribution is -0.125. The van der Waals surface area contributed by atoms with Crippen LogP contribution in [0.2, 0.25) is 0 Å². The molecule has 1 unspecified atom stereocenters. The van der Waals surface area contributed by atoms with Crippen molar-refractivity contribution in [1.82, 2.24) is 10.2 Å². The van der Waals surface area contributed by atoms with Crippen molar-refractivity contribution in [3.63, 3.8) is 0 Å². The molecule has 0 saturated heterocycles. The van der Waals surface area contributed by atoms with Crippen LogP contribution in [0, 0.1) is 6.92 Å². The van der Waals surface area contributed by atoms with Gasteiger partial charge in [-0.25, -0.2) is 0 Å². The van der Waals surface area contributed by atoms with Gasteiger partial charge in [-0.1, -0.05) is 12.1 Å². The average Bonchev–Trinajstić information content (AvgIpc) is 2.76. The number of fused-ring (bicyclic) bond motifs is 1. The number of imide groups is 1. The fourth-order valence-corrected chi connectivity index (χ4v) is 2.50.